The molecule has 1 amide bonds. The van der Waals surface area contributed by atoms with Crippen molar-refractivity contribution in [3.63, 3.8) is 0 Å². The first kappa shape index (κ1) is 13.0. The Morgan fingerprint density at radius 1 is 1.42 bits per heavy atom. The van der Waals surface area contributed by atoms with E-state index < -0.39 is 0 Å². The standard InChI is InChI=1S/C12H19N5OS/c18-11(15-12-14-1-6-19-12)9-16-2-4-17(5-3-16)10-7-13-8-10/h1,6,10,13H,2-5,7-9H2,(H,14,15,18). The highest BCUT2D eigenvalue weighted by molar-refractivity contribution is 7.13. The summed E-state index contributed by atoms with van der Waals surface area (Å²) >= 11 is 1.45. The molecule has 2 N–H and O–H groups in total. The number of carbonyl (C=O) groups excluding carboxylic acids is 1. The second-order valence-corrected chi connectivity index (χ2v) is 5.90. The fourth-order valence-corrected chi connectivity index (χ4v) is 3.01. The summed E-state index contributed by atoms with van der Waals surface area (Å²) < 4.78 is 0. The molecule has 0 spiro atoms. The van der Waals surface area contributed by atoms with Gasteiger partial charge in [-0.15, -0.1) is 11.3 Å². The molecule has 0 aliphatic carbocycles. The van der Waals surface area contributed by atoms with E-state index >= 15 is 0 Å². The molecule has 6 nitrogen and oxygen atoms in total. The maximum atomic E-state index is 11.9. The first-order valence-electron chi connectivity index (χ1n) is 6.68. The number of aromatic nitrogens is 1. The molecule has 7 heteroatoms. The smallest absolute Gasteiger partial charge is 0.240 e. The molecule has 3 rings (SSSR count). The van der Waals surface area contributed by atoms with Crippen molar-refractivity contribution in [3.05, 3.63) is 11.6 Å². The number of nitrogens with one attached hydrogen (secondary N) is 2. The summed E-state index contributed by atoms with van der Waals surface area (Å²) in [7, 11) is 0. The fourth-order valence-electron chi connectivity index (χ4n) is 2.47. The lowest BCUT2D eigenvalue weighted by atomic mass is 10.1. The van der Waals surface area contributed by atoms with Gasteiger partial charge in [0.1, 0.15) is 0 Å². The lowest BCUT2D eigenvalue weighted by Gasteiger charge is -2.43. The zero-order valence-electron chi connectivity index (χ0n) is 10.8. The molecule has 1 aromatic heterocycles. The van der Waals surface area contributed by atoms with Gasteiger partial charge >= 0.3 is 0 Å². The van der Waals surface area contributed by atoms with E-state index in [2.05, 4.69) is 25.4 Å². The quantitative estimate of drug-likeness (QED) is 0.791. The summed E-state index contributed by atoms with van der Waals surface area (Å²) in [6.07, 6.45) is 1.70. The number of anilines is 1. The van der Waals surface area contributed by atoms with Crippen LogP contribution in [-0.4, -0.2) is 72.5 Å². The maximum absolute atomic E-state index is 11.9. The number of carbonyl (C=O) groups is 1. The van der Waals surface area contributed by atoms with Gasteiger partial charge in [0.05, 0.1) is 6.54 Å². The lowest BCUT2D eigenvalue weighted by molar-refractivity contribution is -0.117. The third-order valence-electron chi connectivity index (χ3n) is 3.73. The molecule has 3 heterocycles. The van der Waals surface area contributed by atoms with Gasteiger partial charge in [-0.2, -0.15) is 0 Å². The highest BCUT2D eigenvalue weighted by Crippen LogP contribution is 2.11. The van der Waals surface area contributed by atoms with Crippen LogP contribution in [0.1, 0.15) is 0 Å². The third-order valence-corrected chi connectivity index (χ3v) is 4.42. The van der Waals surface area contributed by atoms with Gasteiger partial charge in [-0.05, 0) is 0 Å². The predicted molar refractivity (Wildman–Crippen MR) is 75.4 cm³/mol. The van der Waals surface area contributed by atoms with Crippen LogP contribution in [-0.2, 0) is 4.79 Å². The Bertz CT molecular complexity index is 412. The number of rotatable bonds is 4. The molecule has 0 atom stereocenters. The minimum absolute atomic E-state index is 0.0358. The van der Waals surface area contributed by atoms with Crippen LogP contribution >= 0.6 is 11.3 Å². The number of amides is 1. The van der Waals surface area contributed by atoms with Gasteiger partial charge in [0, 0.05) is 56.9 Å². The number of thiazole rings is 1. The average Bonchev–Trinajstić information content (AvgIpc) is 2.82. The van der Waals surface area contributed by atoms with Gasteiger partial charge in [-0.1, -0.05) is 0 Å². The predicted octanol–water partition coefficient (Wildman–Crippen LogP) is -0.329. The largest absolute Gasteiger partial charge is 0.314 e. The van der Waals surface area contributed by atoms with Gasteiger partial charge in [0.2, 0.25) is 5.91 Å². The van der Waals surface area contributed by atoms with Crippen molar-refractivity contribution >= 4 is 22.4 Å². The van der Waals surface area contributed by atoms with Crippen LogP contribution in [0.15, 0.2) is 11.6 Å². The molecule has 2 aliphatic rings. The van der Waals surface area contributed by atoms with E-state index in [-0.39, 0.29) is 5.91 Å². The van der Waals surface area contributed by atoms with Crippen molar-refractivity contribution in [2.45, 2.75) is 6.04 Å². The van der Waals surface area contributed by atoms with Crippen molar-refractivity contribution in [2.24, 2.45) is 0 Å². The van der Waals surface area contributed by atoms with Crippen LogP contribution in [0.25, 0.3) is 0 Å². The molecule has 0 aromatic carbocycles. The summed E-state index contributed by atoms with van der Waals surface area (Å²) in [5.41, 5.74) is 0. The van der Waals surface area contributed by atoms with Crippen LogP contribution in [0, 0.1) is 0 Å². The Labute approximate surface area is 116 Å². The number of piperazine rings is 1. The Hall–Kier alpha value is -1.02. The van der Waals surface area contributed by atoms with Crippen molar-refractivity contribution in [1.29, 1.82) is 0 Å². The van der Waals surface area contributed by atoms with Crippen LogP contribution in [0.5, 0.6) is 0 Å². The molecule has 2 fully saturated rings. The average molecular weight is 281 g/mol. The van der Waals surface area contributed by atoms with E-state index in [1.165, 1.54) is 11.3 Å². The van der Waals surface area contributed by atoms with Crippen molar-refractivity contribution in [1.82, 2.24) is 20.1 Å². The highest BCUT2D eigenvalue weighted by Gasteiger charge is 2.28. The Morgan fingerprint density at radius 2 is 2.21 bits per heavy atom. The fraction of sp³-hybridized carbons (Fsp3) is 0.667. The van der Waals surface area contributed by atoms with E-state index in [1.54, 1.807) is 6.20 Å². The maximum Gasteiger partial charge on any atom is 0.240 e. The first-order chi connectivity index (χ1) is 9.31. The van der Waals surface area contributed by atoms with Crippen LogP contribution in [0.2, 0.25) is 0 Å². The summed E-state index contributed by atoms with van der Waals surface area (Å²) in [6, 6.07) is 0.714. The van der Waals surface area contributed by atoms with E-state index in [0.717, 1.165) is 39.3 Å². The second-order valence-electron chi connectivity index (χ2n) is 5.01. The van der Waals surface area contributed by atoms with E-state index in [4.69, 9.17) is 0 Å². The number of nitrogens with zero attached hydrogens (tertiary/aromatic N) is 3. The van der Waals surface area contributed by atoms with E-state index in [1.807, 2.05) is 5.38 Å². The summed E-state index contributed by atoms with van der Waals surface area (Å²) in [6.45, 7) is 6.78. The molecule has 104 valence electrons. The Morgan fingerprint density at radius 3 is 2.79 bits per heavy atom. The highest BCUT2D eigenvalue weighted by atomic mass is 32.1. The zero-order valence-corrected chi connectivity index (χ0v) is 11.7. The van der Waals surface area contributed by atoms with Crippen LogP contribution < -0.4 is 10.6 Å². The van der Waals surface area contributed by atoms with Gasteiger partial charge in [-0.3, -0.25) is 14.6 Å². The van der Waals surface area contributed by atoms with Crippen LogP contribution in [0.3, 0.4) is 0 Å². The summed E-state index contributed by atoms with van der Waals surface area (Å²) in [5, 5.41) is 8.68. The van der Waals surface area contributed by atoms with Crippen molar-refractivity contribution < 1.29 is 4.79 Å². The lowest BCUT2D eigenvalue weighted by Crippen LogP contribution is -2.61. The second kappa shape index (κ2) is 5.96. The molecule has 0 bridgehead atoms. The molecule has 2 aliphatic heterocycles. The van der Waals surface area contributed by atoms with Gasteiger partial charge < -0.3 is 10.6 Å². The SMILES string of the molecule is O=C(CN1CCN(C2CNC2)CC1)Nc1nccs1. The number of hydrogen-bond donors (Lipinski definition) is 2. The Kier molecular flexibility index (Phi) is 4.07. The Balaban J connectivity index is 1.40. The molecule has 1 aromatic rings. The summed E-state index contributed by atoms with van der Waals surface area (Å²) in [4.78, 5) is 20.6. The minimum atomic E-state index is 0.0358. The first-order valence-corrected chi connectivity index (χ1v) is 7.56. The normalized spacial score (nSPS) is 22.1. The molecule has 0 saturated carbocycles. The van der Waals surface area contributed by atoms with E-state index in [0.29, 0.717) is 17.7 Å². The monoisotopic (exact) mass is 281 g/mol. The molecule has 0 unspecified atom stereocenters. The van der Waals surface area contributed by atoms with Crippen molar-refractivity contribution in [2.75, 3.05) is 51.1 Å². The van der Waals surface area contributed by atoms with Crippen molar-refractivity contribution in [3.8, 4) is 0 Å². The molecular weight excluding hydrogens is 262 g/mol. The zero-order chi connectivity index (χ0) is 13.1. The van der Waals surface area contributed by atoms with E-state index in [9.17, 15) is 4.79 Å². The van der Waals surface area contributed by atoms with Gasteiger partial charge in [-0.25, -0.2) is 4.98 Å². The van der Waals surface area contributed by atoms with Gasteiger partial charge in [0.25, 0.3) is 0 Å². The third kappa shape index (κ3) is 3.30. The summed E-state index contributed by atoms with van der Waals surface area (Å²) in [5.74, 6) is 0.0358. The topological polar surface area (TPSA) is 60.5 Å². The molecule has 0 radical (unpaired) electrons. The van der Waals surface area contributed by atoms with Gasteiger partial charge in [0.15, 0.2) is 5.13 Å². The molecule has 2 saturated heterocycles. The molecule has 19 heavy (non-hydrogen) atoms. The molecular formula is C12H19N5OS. The number of hydrogen-bond acceptors (Lipinski definition) is 6. The van der Waals surface area contributed by atoms with Crippen LogP contribution in [0.4, 0.5) is 5.13 Å². The minimum Gasteiger partial charge on any atom is -0.314 e.